The highest BCUT2D eigenvalue weighted by atomic mass is 28.4. The molecule has 0 aliphatic heterocycles. The van der Waals surface area contributed by atoms with Crippen LogP contribution in [0.15, 0.2) is 0 Å². The molecule has 0 bridgehead atoms. The Balaban J connectivity index is 4.03. The molecule has 0 atom stereocenters. The number of rotatable bonds is 8. The minimum absolute atomic E-state index is 0.417. The second kappa shape index (κ2) is 7.40. The molecular weight excluding hydrogens is 194 g/mol. The van der Waals surface area contributed by atoms with Crippen molar-refractivity contribution in [2.75, 3.05) is 13.2 Å². The van der Waals surface area contributed by atoms with E-state index in [-0.39, 0.29) is 0 Å². The van der Waals surface area contributed by atoms with Gasteiger partial charge in [-0.2, -0.15) is 0 Å². The fourth-order valence-corrected chi connectivity index (χ4v) is 3.73. The predicted octanol–water partition coefficient (Wildman–Crippen LogP) is 2.41. The Morgan fingerprint density at radius 1 is 1.07 bits per heavy atom. The molecule has 14 heavy (non-hydrogen) atoms. The summed E-state index contributed by atoms with van der Waals surface area (Å²) in [5.74, 6) is 0. The molecule has 0 aromatic carbocycles. The van der Waals surface area contributed by atoms with E-state index in [4.69, 9.17) is 8.85 Å². The Bertz CT molecular complexity index is 134. The second-order valence-electron chi connectivity index (χ2n) is 3.94. The van der Waals surface area contributed by atoms with Crippen LogP contribution in [0.3, 0.4) is 0 Å². The highest BCUT2D eigenvalue weighted by Gasteiger charge is 2.32. The number of hydrogen-bond acceptors (Lipinski definition) is 3. The molecule has 0 rings (SSSR count). The van der Waals surface area contributed by atoms with E-state index in [1.54, 1.807) is 0 Å². The molecule has 0 aromatic heterocycles. The van der Waals surface area contributed by atoms with Crippen molar-refractivity contribution in [3.8, 4) is 0 Å². The van der Waals surface area contributed by atoms with Crippen LogP contribution in [0.25, 0.3) is 0 Å². The lowest BCUT2D eigenvalue weighted by molar-refractivity contribution is 0.160. The maximum atomic E-state index is 5.80. The van der Waals surface area contributed by atoms with Crippen molar-refractivity contribution in [1.82, 2.24) is 4.98 Å². The molecule has 0 fully saturated rings. The Morgan fingerprint density at radius 3 is 1.79 bits per heavy atom. The van der Waals surface area contributed by atoms with Crippen molar-refractivity contribution in [3.05, 3.63) is 0 Å². The van der Waals surface area contributed by atoms with Crippen molar-refractivity contribution < 1.29 is 8.85 Å². The van der Waals surface area contributed by atoms with Crippen molar-refractivity contribution in [1.29, 1.82) is 0 Å². The van der Waals surface area contributed by atoms with E-state index >= 15 is 0 Å². The fourth-order valence-electron chi connectivity index (χ4n) is 1.24. The van der Waals surface area contributed by atoms with Crippen LogP contribution in [0.4, 0.5) is 0 Å². The van der Waals surface area contributed by atoms with E-state index in [9.17, 15) is 0 Å². The molecule has 0 spiro atoms. The van der Waals surface area contributed by atoms with Crippen LogP contribution in [0.1, 0.15) is 40.5 Å². The monoisotopic (exact) mass is 219 g/mol. The molecule has 0 saturated carbocycles. The first-order valence-corrected chi connectivity index (χ1v) is 7.91. The molecule has 0 unspecified atom stereocenters. The number of hydrogen-bond donors (Lipinski definition) is 1. The standard InChI is InChI=1S/C10H25NO2Si/c1-6-8-12-14(5,11-10(3)4)13-9-7-2/h10-11H,6-9H2,1-5H3. The summed E-state index contributed by atoms with van der Waals surface area (Å²) in [6, 6.07) is 0.417. The van der Waals surface area contributed by atoms with E-state index in [0.717, 1.165) is 26.1 Å². The molecular formula is C10H25NO2Si. The smallest absolute Gasteiger partial charge is 0.383 e. The summed E-state index contributed by atoms with van der Waals surface area (Å²) < 4.78 is 11.6. The van der Waals surface area contributed by atoms with Crippen molar-refractivity contribution in [2.45, 2.75) is 53.1 Å². The van der Waals surface area contributed by atoms with Gasteiger partial charge in [-0.25, -0.2) is 0 Å². The topological polar surface area (TPSA) is 30.5 Å². The quantitative estimate of drug-likeness (QED) is 0.636. The predicted molar refractivity (Wildman–Crippen MR) is 62.4 cm³/mol. The van der Waals surface area contributed by atoms with Crippen LogP contribution in [0.5, 0.6) is 0 Å². The summed E-state index contributed by atoms with van der Waals surface area (Å²) in [4.78, 5) is 3.42. The van der Waals surface area contributed by atoms with Crippen molar-refractivity contribution in [3.63, 3.8) is 0 Å². The highest BCUT2D eigenvalue weighted by molar-refractivity contribution is 6.63. The molecule has 1 N–H and O–H groups in total. The first kappa shape index (κ1) is 14.1. The summed E-state index contributed by atoms with van der Waals surface area (Å²) in [5.41, 5.74) is 0. The van der Waals surface area contributed by atoms with E-state index in [0.29, 0.717) is 6.04 Å². The summed E-state index contributed by atoms with van der Waals surface area (Å²) in [6.45, 7) is 12.1. The normalized spacial score (nSPS) is 12.4. The zero-order chi connectivity index (χ0) is 11.0. The van der Waals surface area contributed by atoms with Crippen LogP contribution >= 0.6 is 0 Å². The Hall–Kier alpha value is 0.0969. The van der Waals surface area contributed by atoms with Crippen LogP contribution in [-0.4, -0.2) is 28.0 Å². The van der Waals surface area contributed by atoms with Gasteiger partial charge in [-0.1, -0.05) is 27.7 Å². The van der Waals surface area contributed by atoms with E-state index in [1.807, 2.05) is 0 Å². The maximum Gasteiger partial charge on any atom is 0.422 e. The average Bonchev–Trinajstić information content (AvgIpc) is 2.11. The minimum atomic E-state index is -2.10. The lowest BCUT2D eigenvalue weighted by atomic mass is 10.4. The third kappa shape index (κ3) is 6.54. The summed E-state index contributed by atoms with van der Waals surface area (Å²) in [6.07, 6.45) is 2.08. The zero-order valence-electron chi connectivity index (χ0n) is 10.2. The lowest BCUT2D eigenvalue weighted by Crippen LogP contribution is -2.56. The van der Waals surface area contributed by atoms with Gasteiger partial charge in [0.15, 0.2) is 0 Å². The highest BCUT2D eigenvalue weighted by Crippen LogP contribution is 2.06. The van der Waals surface area contributed by atoms with Gasteiger partial charge in [-0.15, -0.1) is 0 Å². The van der Waals surface area contributed by atoms with Crippen LogP contribution < -0.4 is 4.98 Å². The van der Waals surface area contributed by atoms with Crippen molar-refractivity contribution in [2.24, 2.45) is 0 Å². The van der Waals surface area contributed by atoms with Gasteiger partial charge in [0.05, 0.1) is 0 Å². The third-order valence-electron chi connectivity index (χ3n) is 1.71. The molecule has 0 heterocycles. The molecule has 3 nitrogen and oxygen atoms in total. The van der Waals surface area contributed by atoms with Gasteiger partial charge in [0.25, 0.3) is 0 Å². The van der Waals surface area contributed by atoms with Crippen LogP contribution in [0, 0.1) is 0 Å². The molecule has 0 aliphatic rings. The van der Waals surface area contributed by atoms with Crippen molar-refractivity contribution >= 4 is 8.72 Å². The first-order valence-electron chi connectivity index (χ1n) is 5.59. The SMILES string of the molecule is CCCO[Si](C)(NC(C)C)OCCC. The molecule has 4 heteroatoms. The van der Waals surface area contributed by atoms with E-state index in [1.165, 1.54) is 0 Å². The maximum absolute atomic E-state index is 5.80. The fraction of sp³-hybridized carbons (Fsp3) is 1.00. The molecule has 0 amide bonds. The van der Waals surface area contributed by atoms with Gasteiger partial charge in [0.2, 0.25) is 0 Å². The Kier molecular flexibility index (Phi) is 7.45. The molecule has 0 aliphatic carbocycles. The van der Waals surface area contributed by atoms with Gasteiger partial charge < -0.3 is 8.85 Å². The van der Waals surface area contributed by atoms with E-state index in [2.05, 4.69) is 39.2 Å². The van der Waals surface area contributed by atoms with Gasteiger partial charge in [-0.05, 0) is 25.4 Å². The Morgan fingerprint density at radius 2 is 1.50 bits per heavy atom. The molecule has 0 aromatic rings. The van der Waals surface area contributed by atoms with Crippen LogP contribution in [-0.2, 0) is 8.85 Å². The summed E-state index contributed by atoms with van der Waals surface area (Å²) in [5, 5.41) is 0. The van der Waals surface area contributed by atoms with Gasteiger partial charge in [0.1, 0.15) is 0 Å². The second-order valence-corrected chi connectivity index (χ2v) is 6.70. The number of nitrogens with one attached hydrogen (secondary N) is 1. The van der Waals surface area contributed by atoms with Gasteiger partial charge >= 0.3 is 8.72 Å². The Labute approximate surface area is 89.5 Å². The largest absolute Gasteiger partial charge is 0.422 e. The average molecular weight is 219 g/mol. The lowest BCUT2D eigenvalue weighted by Gasteiger charge is -2.29. The summed E-state index contributed by atoms with van der Waals surface area (Å²) in [7, 11) is -2.10. The van der Waals surface area contributed by atoms with E-state index < -0.39 is 8.72 Å². The van der Waals surface area contributed by atoms with Gasteiger partial charge in [0, 0.05) is 13.2 Å². The zero-order valence-corrected chi connectivity index (χ0v) is 11.2. The molecule has 86 valence electrons. The molecule has 0 radical (unpaired) electrons. The third-order valence-corrected chi connectivity index (χ3v) is 4.33. The summed E-state index contributed by atoms with van der Waals surface area (Å²) >= 11 is 0. The molecule has 0 saturated heterocycles. The van der Waals surface area contributed by atoms with Crippen LogP contribution in [0.2, 0.25) is 6.55 Å². The van der Waals surface area contributed by atoms with Gasteiger partial charge in [-0.3, -0.25) is 4.98 Å². The first-order chi connectivity index (χ1) is 6.54. The minimum Gasteiger partial charge on any atom is -0.383 e.